The largest absolute Gasteiger partial charge is 0.375 e. The monoisotopic (exact) mass is 281 g/mol. The van der Waals surface area contributed by atoms with Crippen molar-refractivity contribution in [3.63, 3.8) is 0 Å². The minimum atomic E-state index is 0.708. The Morgan fingerprint density at radius 1 is 1.10 bits per heavy atom. The normalized spacial score (nSPS) is 20.7. The number of hydrogen-bond donors (Lipinski definition) is 0. The molecule has 2 fully saturated rings. The van der Waals surface area contributed by atoms with E-state index in [1.54, 1.807) is 5.57 Å². The van der Waals surface area contributed by atoms with Crippen LogP contribution in [-0.2, 0) is 0 Å². The predicted octanol–water partition coefficient (Wildman–Crippen LogP) is 5.03. The fraction of sp³-hybridized carbons (Fsp3) is 0.500. The molecule has 1 nitrogen and oxygen atoms in total. The Bertz CT molecular complexity index is 543. The smallest absolute Gasteiger partial charge is 0.0180 e. The molecule has 112 valence electrons. The summed E-state index contributed by atoms with van der Waals surface area (Å²) in [5, 5.41) is 0. The van der Waals surface area contributed by atoms with Crippen molar-refractivity contribution in [3.8, 4) is 0 Å². The van der Waals surface area contributed by atoms with Gasteiger partial charge in [0.15, 0.2) is 0 Å². The van der Waals surface area contributed by atoms with Crippen LogP contribution in [0.2, 0.25) is 0 Å². The number of piperidine rings is 1. The van der Waals surface area contributed by atoms with Gasteiger partial charge < -0.3 is 4.90 Å². The lowest BCUT2D eigenvalue weighted by atomic mass is 9.83. The fourth-order valence-electron chi connectivity index (χ4n) is 3.66. The molecule has 1 aromatic carbocycles. The van der Waals surface area contributed by atoms with Gasteiger partial charge in [0.1, 0.15) is 0 Å². The zero-order valence-corrected chi connectivity index (χ0v) is 13.4. The molecule has 0 amide bonds. The first kappa shape index (κ1) is 14.4. The summed E-state index contributed by atoms with van der Waals surface area (Å²) in [4.78, 5) is 2.54. The minimum Gasteiger partial charge on any atom is -0.375 e. The van der Waals surface area contributed by atoms with Crippen LogP contribution in [0.15, 0.2) is 42.6 Å². The lowest BCUT2D eigenvalue weighted by Gasteiger charge is -2.36. The van der Waals surface area contributed by atoms with E-state index >= 15 is 0 Å². The lowest BCUT2D eigenvalue weighted by Crippen LogP contribution is -2.33. The second kappa shape index (κ2) is 6.09. The van der Waals surface area contributed by atoms with Gasteiger partial charge in [-0.25, -0.2) is 0 Å². The fourth-order valence-corrected chi connectivity index (χ4v) is 3.66. The van der Waals surface area contributed by atoms with Crippen LogP contribution in [-0.4, -0.2) is 18.0 Å². The highest BCUT2D eigenvalue weighted by molar-refractivity contribution is 5.69. The number of aryl methyl sites for hydroxylation is 1. The number of rotatable bonds is 4. The van der Waals surface area contributed by atoms with Crippen molar-refractivity contribution in [2.75, 3.05) is 13.1 Å². The van der Waals surface area contributed by atoms with E-state index in [2.05, 4.69) is 55.7 Å². The number of likely N-dealkylation sites (tertiary alicyclic amines) is 1. The average Bonchev–Trinajstić information content (AvgIpc) is 3.35. The van der Waals surface area contributed by atoms with Crippen LogP contribution in [0.1, 0.15) is 43.7 Å². The molecule has 0 atom stereocenters. The maximum absolute atomic E-state index is 4.31. The predicted molar refractivity (Wildman–Crippen MR) is 91.0 cm³/mol. The van der Waals surface area contributed by atoms with Crippen molar-refractivity contribution < 1.29 is 0 Å². The van der Waals surface area contributed by atoms with Gasteiger partial charge in [-0.3, -0.25) is 0 Å². The Morgan fingerprint density at radius 3 is 2.33 bits per heavy atom. The molecule has 0 spiro atoms. The molecule has 1 saturated heterocycles. The molecule has 21 heavy (non-hydrogen) atoms. The Balaban J connectivity index is 1.67. The molecule has 1 aliphatic heterocycles. The van der Waals surface area contributed by atoms with Gasteiger partial charge in [0.2, 0.25) is 0 Å². The summed E-state index contributed by atoms with van der Waals surface area (Å²) in [7, 11) is 0. The molecular weight excluding hydrogens is 254 g/mol. The first-order valence-electron chi connectivity index (χ1n) is 8.36. The van der Waals surface area contributed by atoms with Crippen molar-refractivity contribution in [3.05, 3.63) is 53.7 Å². The molecule has 0 unspecified atom stereocenters. The van der Waals surface area contributed by atoms with Crippen molar-refractivity contribution in [2.45, 2.75) is 39.5 Å². The van der Waals surface area contributed by atoms with Gasteiger partial charge in [-0.1, -0.05) is 36.9 Å². The number of benzene rings is 1. The van der Waals surface area contributed by atoms with Crippen LogP contribution in [0.3, 0.4) is 0 Å². The first-order valence-corrected chi connectivity index (χ1v) is 8.36. The highest BCUT2D eigenvalue weighted by Crippen LogP contribution is 2.40. The van der Waals surface area contributed by atoms with Gasteiger partial charge in [-0.05, 0) is 68.1 Å². The standard InChI is InChI=1S/C20H27N/c1-4-19(20-8-6-5-7-15(20)2)18-11-13-21(14-12-18)16(3)17-9-10-17/h4-8,17-18H,3,9-14H2,1-2H3/b19-4-. The van der Waals surface area contributed by atoms with Crippen molar-refractivity contribution >= 4 is 5.57 Å². The van der Waals surface area contributed by atoms with Crippen molar-refractivity contribution in [2.24, 2.45) is 11.8 Å². The molecule has 1 heterocycles. The molecular formula is C20H27N. The molecule has 1 aromatic rings. The highest BCUT2D eigenvalue weighted by Gasteiger charge is 2.31. The van der Waals surface area contributed by atoms with E-state index in [0.29, 0.717) is 5.92 Å². The minimum absolute atomic E-state index is 0.708. The molecule has 0 N–H and O–H groups in total. The summed E-state index contributed by atoms with van der Waals surface area (Å²) in [6, 6.07) is 8.80. The molecule has 3 rings (SSSR count). The molecule has 1 heteroatoms. The van der Waals surface area contributed by atoms with Gasteiger partial charge in [-0.2, -0.15) is 0 Å². The Hall–Kier alpha value is -1.50. The average molecular weight is 281 g/mol. The maximum atomic E-state index is 4.31. The molecule has 1 saturated carbocycles. The first-order chi connectivity index (χ1) is 10.2. The number of hydrogen-bond acceptors (Lipinski definition) is 1. The maximum Gasteiger partial charge on any atom is 0.0180 e. The van der Waals surface area contributed by atoms with Gasteiger partial charge >= 0.3 is 0 Å². The van der Waals surface area contributed by atoms with E-state index in [1.807, 2.05) is 0 Å². The third kappa shape index (κ3) is 3.07. The Labute approximate surface area is 129 Å². The van der Waals surface area contributed by atoms with Crippen molar-refractivity contribution in [1.29, 1.82) is 0 Å². The van der Waals surface area contributed by atoms with Crippen molar-refractivity contribution in [1.82, 2.24) is 4.90 Å². The van der Waals surface area contributed by atoms with E-state index in [-0.39, 0.29) is 0 Å². The third-order valence-corrected chi connectivity index (χ3v) is 5.16. The van der Waals surface area contributed by atoms with E-state index in [4.69, 9.17) is 0 Å². The SMILES string of the molecule is C=C(C1CC1)N1CCC(/C(=C/C)c2ccccc2C)CC1. The molecule has 1 aliphatic carbocycles. The number of nitrogens with zero attached hydrogens (tertiary/aromatic N) is 1. The second-order valence-electron chi connectivity index (χ2n) is 6.59. The van der Waals surface area contributed by atoms with Gasteiger partial charge in [0.05, 0.1) is 0 Å². The highest BCUT2D eigenvalue weighted by atomic mass is 15.1. The van der Waals surface area contributed by atoms with Crippen LogP contribution in [0.4, 0.5) is 0 Å². The molecule has 0 radical (unpaired) electrons. The summed E-state index contributed by atoms with van der Waals surface area (Å²) >= 11 is 0. The van der Waals surface area contributed by atoms with E-state index in [0.717, 1.165) is 5.92 Å². The van der Waals surface area contributed by atoms with E-state index in [9.17, 15) is 0 Å². The van der Waals surface area contributed by atoms with Gasteiger partial charge in [0, 0.05) is 18.8 Å². The zero-order valence-electron chi connectivity index (χ0n) is 13.4. The van der Waals surface area contributed by atoms with E-state index < -0.39 is 0 Å². The summed E-state index contributed by atoms with van der Waals surface area (Å²) < 4.78 is 0. The molecule has 0 aromatic heterocycles. The topological polar surface area (TPSA) is 3.24 Å². The Kier molecular flexibility index (Phi) is 4.19. The molecule has 2 aliphatic rings. The Morgan fingerprint density at radius 2 is 1.76 bits per heavy atom. The van der Waals surface area contributed by atoms with E-state index in [1.165, 1.54) is 55.6 Å². The summed E-state index contributed by atoms with van der Waals surface area (Å²) in [6.07, 6.45) is 7.59. The quantitative estimate of drug-likeness (QED) is 0.748. The van der Waals surface area contributed by atoms with Gasteiger partial charge in [-0.15, -0.1) is 0 Å². The van der Waals surface area contributed by atoms with Crippen LogP contribution in [0, 0.1) is 18.8 Å². The number of allylic oxidation sites excluding steroid dienone is 3. The lowest BCUT2D eigenvalue weighted by molar-refractivity contribution is 0.246. The molecule has 0 bridgehead atoms. The zero-order chi connectivity index (χ0) is 14.8. The van der Waals surface area contributed by atoms with Crippen LogP contribution >= 0.6 is 0 Å². The summed E-state index contributed by atoms with van der Waals surface area (Å²) in [6.45, 7) is 11.1. The van der Waals surface area contributed by atoms with Crippen LogP contribution in [0.25, 0.3) is 5.57 Å². The summed E-state index contributed by atoms with van der Waals surface area (Å²) in [5.41, 5.74) is 5.80. The summed E-state index contributed by atoms with van der Waals surface area (Å²) in [5.74, 6) is 1.51. The second-order valence-corrected chi connectivity index (χ2v) is 6.59. The van der Waals surface area contributed by atoms with Crippen LogP contribution < -0.4 is 0 Å². The van der Waals surface area contributed by atoms with Crippen LogP contribution in [0.5, 0.6) is 0 Å². The van der Waals surface area contributed by atoms with Gasteiger partial charge in [0.25, 0.3) is 0 Å². The third-order valence-electron chi connectivity index (χ3n) is 5.16.